The molecule has 0 amide bonds. The van der Waals surface area contributed by atoms with E-state index in [-0.39, 0.29) is 24.5 Å². The van der Waals surface area contributed by atoms with Gasteiger partial charge in [0.05, 0.1) is 24.5 Å². The molecule has 0 aliphatic heterocycles. The molecular formula is C13H17ClO4S. The number of carbonyl (C=O) groups excluding carboxylic acids is 1. The molecule has 0 spiro atoms. The zero-order valence-corrected chi connectivity index (χ0v) is 12.3. The molecular weight excluding hydrogens is 288 g/mol. The first-order valence-electron chi connectivity index (χ1n) is 5.96. The van der Waals surface area contributed by atoms with Crippen LogP contribution < -0.4 is 0 Å². The van der Waals surface area contributed by atoms with Gasteiger partial charge < -0.3 is 4.74 Å². The molecule has 106 valence electrons. The second-order valence-corrected chi connectivity index (χ2v) is 6.55. The van der Waals surface area contributed by atoms with E-state index in [4.69, 9.17) is 16.3 Å². The first-order valence-corrected chi connectivity index (χ1v) is 8.32. The maximum absolute atomic E-state index is 11.8. The maximum Gasteiger partial charge on any atom is 0.306 e. The number of hydrogen-bond acceptors (Lipinski definition) is 4. The molecule has 0 fully saturated rings. The molecule has 1 aromatic rings. The number of carbonyl (C=O) groups is 1. The molecule has 4 nitrogen and oxygen atoms in total. The molecule has 0 aromatic heterocycles. The summed E-state index contributed by atoms with van der Waals surface area (Å²) < 4.78 is 28.4. The highest BCUT2D eigenvalue weighted by molar-refractivity contribution is 7.90. The lowest BCUT2D eigenvalue weighted by atomic mass is 10.2. The summed E-state index contributed by atoms with van der Waals surface area (Å²) in [6, 6.07) is 7.06. The van der Waals surface area contributed by atoms with Gasteiger partial charge in [0.25, 0.3) is 0 Å². The van der Waals surface area contributed by atoms with Crippen LogP contribution >= 0.6 is 11.6 Å². The maximum atomic E-state index is 11.8. The van der Waals surface area contributed by atoms with Crippen LogP contribution in [-0.2, 0) is 31.0 Å². The second-order valence-electron chi connectivity index (χ2n) is 4.10. The van der Waals surface area contributed by atoms with Crippen LogP contribution in [-0.4, -0.2) is 26.7 Å². The van der Waals surface area contributed by atoms with E-state index in [1.807, 2.05) is 0 Å². The normalized spacial score (nSPS) is 11.3. The molecule has 6 heteroatoms. The van der Waals surface area contributed by atoms with Crippen LogP contribution in [0.1, 0.15) is 24.5 Å². The standard InChI is InChI=1S/C13H17ClO4S/c1-2-18-13(15)7-8-19(16,17)10-12-5-3-11(9-14)4-6-12/h3-6H,2,7-10H2,1H3. The van der Waals surface area contributed by atoms with Gasteiger partial charge in [-0.3, -0.25) is 4.79 Å². The predicted molar refractivity (Wildman–Crippen MR) is 74.7 cm³/mol. The average molecular weight is 305 g/mol. The van der Waals surface area contributed by atoms with Crippen molar-refractivity contribution in [3.05, 3.63) is 35.4 Å². The number of rotatable bonds is 7. The molecule has 0 aliphatic rings. The number of sulfone groups is 1. The quantitative estimate of drug-likeness (QED) is 0.573. The van der Waals surface area contributed by atoms with E-state index in [0.717, 1.165) is 5.56 Å². The largest absolute Gasteiger partial charge is 0.466 e. The van der Waals surface area contributed by atoms with Crippen molar-refractivity contribution in [2.24, 2.45) is 0 Å². The Bertz CT molecular complexity index is 508. The van der Waals surface area contributed by atoms with Crippen molar-refractivity contribution in [2.75, 3.05) is 12.4 Å². The van der Waals surface area contributed by atoms with Gasteiger partial charge in [0.2, 0.25) is 0 Å². The molecule has 0 bridgehead atoms. The molecule has 0 saturated carbocycles. The van der Waals surface area contributed by atoms with Crippen molar-refractivity contribution >= 4 is 27.4 Å². The lowest BCUT2D eigenvalue weighted by Gasteiger charge is -2.05. The molecule has 0 radical (unpaired) electrons. The Kier molecular flexibility index (Phi) is 6.31. The summed E-state index contributed by atoms with van der Waals surface area (Å²) in [5.41, 5.74) is 1.63. The SMILES string of the molecule is CCOC(=O)CCS(=O)(=O)Cc1ccc(CCl)cc1. The van der Waals surface area contributed by atoms with E-state index in [1.54, 1.807) is 31.2 Å². The number of benzene rings is 1. The van der Waals surface area contributed by atoms with Crippen molar-refractivity contribution in [2.45, 2.75) is 25.0 Å². The number of halogens is 1. The summed E-state index contributed by atoms with van der Waals surface area (Å²) >= 11 is 5.66. The minimum Gasteiger partial charge on any atom is -0.466 e. The number of esters is 1. The van der Waals surface area contributed by atoms with Gasteiger partial charge in [0.15, 0.2) is 9.84 Å². The van der Waals surface area contributed by atoms with Gasteiger partial charge in [0.1, 0.15) is 0 Å². The lowest BCUT2D eigenvalue weighted by Crippen LogP contribution is -2.15. The topological polar surface area (TPSA) is 60.4 Å². The highest BCUT2D eigenvalue weighted by atomic mass is 35.5. The van der Waals surface area contributed by atoms with E-state index < -0.39 is 15.8 Å². The molecule has 19 heavy (non-hydrogen) atoms. The second kappa shape index (κ2) is 7.50. The van der Waals surface area contributed by atoms with Gasteiger partial charge in [-0.1, -0.05) is 24.3 Å². The third kappa shape index (κ3) is 6.07. The van der Waals surface area contributed by atoms with E-state index in [1.165, 1.54) is 0 Å². The highest BCUT2D eigenvalue weighted by Crippen LogP contribution is 2.11. The van der Waals surface area contributed by atoms with Crippen LogP contribution in [0, 0.1) is 0 Å². The Balaban J connectivity index is 2.56. The smallest absolute Gasteiger partial charge is 0.306 e. The first-order chi connectivity index (χ1) is 8.96. The van der Waals surface area contributed by atoms with E-state index in [0.29, 0.717) is 11.4 Å². The van der Waals surface area contributed by atoms with Crippen molar-refractivity contribution in [1.82, 2.24) is 0 Å². The Labute approximate surface area is 118 Å². The average Bonchev–Trinajstić information content (AvgIpc) is 2.37. The third-order valence-corrected chi connectivity index (χ3v) is 4.39. The fourth-order valence-electron chi connectivity index (χ4n) is 1.52. The molecule has 0 atom stereocenters. The summed E-state index contributed by atoms with van der Waals surface area (Å²) in [6.45, 7) is 1.95. The first kappa shape index (κ1) is 16.0. The van der Waals surface area contributed by atoms with Crippen molar-refractivity contribution < 1.29 is 17.9 Å². The molecule has 0 saturated heterocycles. The van der Waals surface area contributed by atoms with Gasteiger partial charge in [-0.25, -0.2) is 8.42 Å². The lowest BCUT2D eigenvalue weighted by molar-refractivity contribution is -0.142. The zero-order valence-electron chi connectivity index (χ0n) is 10.8. The van der Waals surface area contributed by atoms with Crippen LogP contribution in [0.5, 0.6) is 0 Å². The summed E-state index contributed by atoms with van der Waals surface area (Å²) in [7, 11) is -3.30. The Morgan fingerprint density at radius 2 is 1.79 bits per heavy atom. The molecule has 0 aliphatic carbocycles. The molecule has 0 heterocycles. The third-order valence-electron chi connectivity index (χ3n) is 2.49. The zero-order chi connectivity index (χ0) is 14.3. The van der Waals surface area contributed by atoms with Crippen LogP contribution in [0.2, 0.25) is 0 Å². The van der Waals surface area contributed by atoms with Crippen LogP contribution in [0.25, 0.3) is 0 Å². The minimum atomic E-state index is -3.30. The monoisotopic (exact) mass is 304 g/mol. The number of ether oxygens (including phenoxy) is 1. The Morgan fingerprint density at radius 1 is 1.21 bits per heavy atom. The van der Waals surface area contributed by atoms with E-state index in [9.17, 15) is 13.2 Å². The number of hydrogen-bond donors (Lipinski definition) is 0. The summed E-state index contributed by atoms with van der Waals surface area (Å²) in [4.78, 5) is 11.1. The fraction of sp³-hybridized carbons (Fsp3) is 0.462. The summed E-state index contributed by atoms with van der Waals surface area (Å²) in [5, 5.41) is 0. The predicted octanol–water partition coefficient (Wildman–Crippen LogP) is 2.29. The minimum absolute atomic E-state index is 0.0744. The fourth-order valence-corrected chi connectivity index (χ4v) is 3.02. The van der Waals surface area contributed by atoms with Gasteiger partial charge in [-0.05, 0) is 18.1 Å². The van der Waals surface area contributed by atoms with Crippen LogP contribution in [0.15, 0.2) is 24.3 Å². The summed E-state index contributed by atoms with van der Waals surface area (Å²) in [6.07, 6.45) is -0.101. The Hall–Kier alpha value is -1.07. The van der Waals surface area contributed by atoms with Crippen molar-refractivity contribution in [1.29, 1.82) is 0 Å². The highest BCUT2D eigenvalue weighted by Gasteiger charge is 2.15. The van der Waals surface area contributed by atoms with Crippen LogP contribution in [0.4, 0.5) is 0 Å². The number of alkyl halides is 1. The van der Waals surface area contributed by atoms with Gasteiger partial charge in [-0.15, -0.1) is 11.6 Å². The van der Waals surface area contributed by atoms with Crippen LogP contribution in [0.3, 0.4) is 0 Å². The summed E-state index contributed by atoms with van der Waals surface area (Å²) in [5.74, 6) is -0.350. The molecule has 0 N–H and O–H groups in total. The molecule has 1 aromatic carbocycles. The van der Waals surface area contributed by atoms with E-state index in [2.05, 4.69) is 0 Å². The van der Waals surface area contributed by atoms with E-state index >= 15 is 0 Å². The van der Waals surface area contributed by atoms with Gasteiger partial charge >= 0.3 is 5.97 Å². The van der Waals surface area contributed by atoms with Gasteiger partial charge in [-0.2, -0.15) is 0 Å². The molecule has 1 rings (SSSR count). The Morgan fingerprint density at radius 3 is 2.32 bits per heavy atom. The van der Waals surface area contributed by atoms with Crippen molar-refractivity contribution in [3.63, 3.8) is 0 Å². The molecule has 0 unspecified atom stereocenters. The van der Waals surface area contributed by atoms with Crippen molar-refractivity contribution in [3.8, 4) is 0 Å². The van der Waals surface area contributed by atoms with Gasteiger partial charge in [0, 0.05) is 5.88 Å².